The maximum Gasteiger partial charge on any atom is 0.286 e. The van der Waals surface area contributed by atoms with Crippen molar-refractivity contribution in [1.29, 1.82) is 0 Å². The molecule has 4 aliphatic carbocycles. The Balaban J connectivity index is 1.21. The van der Waals surface area contributed by atoms with E-state index in [0.29, 0.717) is 42.1 Å². The fraction of sp³-hybridized carbons (Fsp3) is 0.969. The minimum Gasteiger partial charge on any atom is -0.391 e. The highest BCUT2D eigenvalue weighted by molar-refractivity contribution is 7.87. The zero-order valence-corrected chi connectivity index (χ0v) is 27.0. The van der Waals surface area contributed by atoms with Crippen molar-refractivity contribution < 1.29 is 22.5 Å². The molecule has 40 heavy (non-hydrogen) atoms. The Morgan fingerprint density at radius 2 is 1.73 bits per heavy atom. The number of rotatable bonds is 12. The van der Waals surface area contributed by atoms with Gasteiger partial charge in [0, 0.05) is 13.0 Å². The number of hydrogen-bond donors (Lipinski definition) is 2. The summed E-state index contributed by atoms with van der Waals surface area (Å²) in [6, 6.07) is 0. The number of fused-ring (bicyclic) bond motifs is 5. The van der Waals surface area contributed by atoms with Gasteiger partial charge in [-0.25, -0.2) is 0 Å². The van der Waals surface area contributed by atoms with Crippen LogP contribution in [0.5, 0.6) is 0 Å². The Bertz CT molecular complexity index is 962. The van der Waals surface area contributed by atoms with Gasteiger partial charge in [0.05, 0.1) is 12.7 Å². The molecule has 4 fully saturated rings. The molecular formula is C32H58N2O5S. The summed E-state index contributed by atoms with van der Waals surface area (Å²) in [6.45, 7) is 9.44. The number of likely N-dealkylation sites (N-methyl/N-ethyl adjacent to an activating group) is 1. The lowest BCUT2D eigenvalue weighted by atomic mass is 9.44. The van der Waals surface area contributed by atoms with Crippen LogP contribution in [0, 0.1) is 46.3 Å². The molecule has 232 valence electrons. The maximum atomic E-state index is 12.6. The lowest BCUT2D eigenvalue weighted by Crippen LogP contribution is -2.53. The number of hydrogen-bond acceptors (Lipinski definition) is 6. The number of carbonyl (C=O) groups excluding carboxylic acids is 1. The van der Waals surface area contributed by atoms with Gasteiger partial charge in [0.2, 0.25) is 5.91 Å². The molecule has 4 rings (SSSR count). The van der Waals surface area contributed by atoms with Crippen LogP contribution in [-0.4, -0.2) is 63.1 Å². The molecule has 0 bridgehead atoms. The summed E-state index contributed by atoms with van der Waals surface area (Å²) >= 11 is 0. The SMILES string of the molecule is CC(O)C(N(C)C)S(=O)(=O)OCCCNC(=O)CC[C@@H](C)[C@H]1CCC2C3CCC4CCCC[C@]4(C)C3CC[C@@]21C. The quantitative estimate of drug-likeness (QED) is 0.231. The third kappa shape index (κ3) is 6.45. The van der Waals surface area contributed by atoms with Gasteiger partial charge in [-0.1, -0.05) is 33.6 Å². The van der Waals surface area contributed by atoms with E-state index < -0.39 is 21.6 Å². The molecule has 0 aromatic rings. The zero-order valence-electron chi connectivity index (χ0n) is 26.2. The molecule has 6 unspecified atom stereocenters. The third-order valence-electron chi connectivity index (χ3n) is 12.3. The monoisotopic (exact) mass is 582 g/mol. The average Bonchev–Trinajstić information content (AvgIpc) is 3.23. The molecule has 0 aliphatic heterocycles. The van der Waals surface area contributed by atoms with Crippen molar-refractivity contribution in [3.8, 4) is 0 Å². The van der Waals surface area contributed by atoms with Gasteiger partial charge in [-0.15, -0.1) is 0 Å². The Kier molecular flexibility index (Phi) is 10.4. The van der Waals surface area contributed by atoms with E-state index in [2.05, 4.69) is 26.1 Å². The van der Waals surface area contributed by atoms with Gasteiger partial charge in [-0.2, -0.15) is 8.42 Å². The van der Waals surface area contributed by atoms with Gasteiger partial charge in [-0.3, -0.25) is 13.9 Å². The molecule has 4 saturated carbocycles. The highest BCUT2D eigenvalue weighted by Gasteiger charge is 2.60. The number of amides is 1. The van der Waals surface area contributed by atoms with E-state index in [1.165, 1.54) is 76.0 Å². The van der Waals surface area contributed by atoms with Crippen molar-refractivity contribution in [1.82, 2.24) is 10.2 Å². The molecule has 0 spiro atoms. The van der Waals surface area contributed by atoms with Crippen molar-refractivity contribution in [2.45, 2.75) is 123 Å². The number of nitrogens with one attached hydrogen (secondary N) is 1. The van der Waals surface area contributed by atoms with Crippen LogP contribution in [0.25, 0.3) is 0 Å². The van der Waals surface area contributed by atoms with Gasteiger partial charge in [-0.05, 0) is 132 Å². The Morgan fingerprint density at radius 3 is 2.42 bits per heavy atom. The molecule has 2 N–H and O–H groups in total. The predicted molar refractivity (Wildman–Crippen MR) is 160 cm³/mol. The largest absolute Gasteiger partial charge is 0.391 e. The molecule has 0 aromatic heterocycles. The summed E-state index contributed by atoms with van der Waals surface area (Å²) < 4.78 is 29.9. The van der Waals surface area contributed by atoms with Gasteiger partial charge in [0.25, 0.3) is 10.1 Å². The average molecular weight is 583 g/mol. The summed E-state index contributed by atoms with van der Waals surface area (Å²) in [5, 5.41) is 11.6. The molecule has 1 amide bonds. The maximum absolute atomic E-state index is 12.6. The van der Waals surface area contributed by atoms with E-state index >= 15 is 0 Å². The summed E-state index contributed by atoms with van der Waals surface area (Å²) in [5.74, 6) is 4.97. The van der Waals surface area contributed by atoms with Crippen LogP contribution in [0.1, 0.15) is 111 Å². The van der Waals surface area contributed by atoms with Crippen LogP contribution in [0.15, 0.2) is 0 Å². The molecule has 0 heterocycles. The lowest BCUT2D eigenvalue weighted by molar-refractivity contribution is -0.122. The van der Waals surface area contributed by atoms with Crippen LogP contribution in [0.2, 0.25) is 0 Å². The first-order valence-corrected chi connectivity index (χ1v) is 17.8. The molecule has 0 aromatic carbocycles. The first-order chi connectivity index (χ1) is 18.8. The van der Waals surface area contributed by atoms with E-state index in [1.54, 1.807) is 14.1 Å². The molecule has 7 nitrogen and oxygen atoms in total. The Labute approximate surface area is 244 Å². The van der Waals surface area contributed by atoms with Crippen molar-refractivity contribution in [3.63, 3.8) is 0 Å². The number of carbonyl (C=O) groups is 1. The lowest BCUT2D eigenvalue weighted by Gasteiger charge is -2.61. The first-order valence-electron chi connectivity index (χ1n) is 16.3. The van der Waals surface area contributed by atoms with Gasteiger partial charge < -0.3 is 10.4 Å². The molecule has 0 radical (unpaired) electrons. The number of aliphatic hydroxyl groups excluding tert-OH is 1. The van der Waals surface area contributed by atoms with E-state index in [9.17, 15) is 18.3 Å². The smallest absolute Gasteiger partial charge is 0.286 e. The second-order valence-corrected chi connectivity index (χ2v) is 16.5. The van der Waals surface area contributed by atoms with Crippen molar-refractivity contribution in [3.05, 3.63) is 0 Å². The summed E-state index contributed by atoms with van der Waals surface area (Å²) in [6.07, 6.45) is 15.0. The third-order valence-corrected chi connectivity index (χ3v) is 14.2. The van der Waals surface area contributed by atoms with Gasteiger partial charge in [0.1, 0.15) is 0 Å². The van der Waals surface area contributed by atoms with Crippen LogP contribution in [-0.2, 0) is 19.1 Å². The molecule has 0 saturated heterocycles. The van der Waals surface area contributed by atoms with E-state index in [-0.39, 0.29) is 12.5 Å². The van der Waals surface area contributed by atoms with Crippen LogP contribution >= 0.6 is 0 Å². The number of nitrogens with zero attached hydrogens (tertiary/aromatic N) is 1. The number of aliphatic hydroxyl groups is 1. The Hall–Kier alpha value is -0.700. The summed E-state index contributed by atoms with van der Waals surface area (Å²) in [5.41, 5.74) is 1.01. The van der Waals surface area contributed by atoms with Crippen LogP contribution < -0.4 is 5.32 Å². The minimum absolute atomic E-state index is 0.0140. The van der Waals surface area contributed by atoms with Gasteiger partial charge in [0.15, 0.2) is 5.37 Å². The fourth-order valence-corrected chi connectivity index (χ4v) is 11.9. The zero-order chi connectivity index (χ0) is 29.3. The highest BCUT2D eigenvalue weighted by Crippen LogP contribution is 2.68. The van der Waals surface area contributed by atoms with Crippen molar-refractivity contribution in [2.24, 2.45) is 46.3 Å². The fourth-order valence-electron chi connectivity index (χ4n) is 10.4. The summed E-state index contributed by atoms with van der Waals surface area (Å²) in [7, 11) is -0.731. The summed E-state index contributed by atoms with van der Waals surface area (Å²) in [4.78, 5) is 14.1. The predicted octanol–water partition coefficient (Wildman–Crippen LogP) is 5.57. The highest BCUT2D eigenvalue weighted by atomic mass is 32.2. The van der Waals surface area contributed by atoms with E-state index in [4.69, 9.17) is 4.18 Å². The second kappa shape index (κ2) is 12.9. The standard InChI is InChI=1S/C32H58N2O5S/c1-22(11-16-29(36)33-20-9-21-39-40(37,38)30(23(2)35)34(5)6)26-14-15-27-25-13-12-24-10-7-8-18-31(24,3)28(25)17-19-32(26,27)4/h22-28,30,35H,7-21H2,1-6H3,(H,33,36)/t22-,23?,24?,25?,26-,27?,28?,30?,31+,32-/m1/s1. The molecule has 8 heteroatoms. The molecule has 4 aliphatic rings. The topological polar surface area (TPSA) is 95.9 Å². The van der Waals surface area contributed by atoms with Crippen LogP contribution in [0.3, 0.4) is 0 Å². The van der Waals surface area contributed by atoms with E-state index in [0.717, 1.165) is 30.1 Å². The van der Waals surface area contributed by atoms with E-state index in [1.807, 2.05) is 0 Å². The first kappa shape index (κ1) is 32.2. The van der Waals surface area contributed by atoms with Crippen molar-refractivity contribution >= 4 is 16.0 Å². The minimum atomic E-state index is -3.92. The van der Waals surface area contributed by atoms with Crippen LogP contribution in [0.4, 0.5) is 0 Å². The van der Waals surface area contributed by atoms with Gasteiger partial charge >= 0.3 is 0 Å². The second-order valence-electron chi connectivity index (χ2n) is 14.8. The molecular weight excluding hydrogens is 524 g/mol. The Morgan fingerprint density at radius 1 is 1.00 bits per heavy atom. The normalized spacial score (nSPS) is 38.1. The molecule has 10 atom stereocenters. The van der Waals surface area contributed by atoms with Crippen molar-refractivity contribution in [2.75, 3.05) is 27.2 Å².